The Hall–Kier alpha value is -2.56. The Morgan fingerprint density at radius 3 is 2.30 bits per heavy atom. The van der Waals surface area contributed by atoms with Crippen molar-refractivity contribution in [2.75, 3.05) is 5.32 Å². The maximum absolute atomic E-state index is 12.2. The molecule has 3 N–H and O–H groups in total. The Kier molecular flexibility index (Phi) is 4.46. The molecular weight excluding hydrogens is 292 g/mol. The first-order valence-corrected chi connectivity index (χ1v) is 7.97. The van der Waals surface area contributed by atoms with Crippen molar-refractivity contribution in [1.82, 2.24) is 5.32 Å². The molecule has 23 heavy (non-hydrogen) atoms. The zero-order chi connectivity index (χ0) is 16.2. The molecule has 1 aliphatic rings. The number of hydrogen-bond donors (Lipinski definition) is 3. The maximum atomic E-state index is 12.2. The van der Waals surface area contributed by atoms with Gasteiger partial charge in [-0.15, -0.1) is 0 Å². The number of nitrogens with one attached hydrogen (secondary N) is 2. The van der Waals surface area contributed by atoms with E-state index in [2.05, 4.69) is 10.6 Å². The SMILES string of the molecule is O=C(Nc1cc2ccccc2cc1C(=O)O)NC1CCCCC1. The van der Waals surface area contributed by atoms with Gasteiger partial charge in [-0.1, -0.05) is 43.5 Å². The molecule has 0 bridgehead atoms. The quantitative estimate of drug-likeness (QED) is 0.801. The summed E-state index contributed by atoms with van der Waals surface area (Å²) in [6.07, 6.45) is 5.43. The summed E-state index contributed by atoms with van der Waals surface area (Å²) in [5, 5.41) is 16.8. The number of urea groups is 1. The summed E-state index contributed by atoms with van der Waals surface area (Å²) in [5.41, 5.74) is 0.423. The zero-order valence-corrected chi connectivity index (χ0v) is 12.8. The van der Waals surface area contributed by atoms with Gasteiger partial charge in [0.25, 0.3) is 0 Å². The fourth-order valence-corrected chi connectivity index (χ4v) is 3.11. The highest BCUT2D eigenvalue weighted by Gasteiger charge is 2.18. The van der Waals surface area contributed by atoms with Crippen LogP contribution < -0.4 is 10.6 Å². The highest BCUT2D eigenvalue weighted by Crippen LogP contribution is 2.24. The fraction of sp³-hybridized carbons (Fsp3) is 0.333. The van der Waals surface area contributed by atoms with E-state index in [1.54, 1.807) is 12.1 Å². The lowest BCUT2D eigenvalue weighted by Crippen LogP contribution is -2.39. The van der Waals surface area contributed by atoms with Crippen LogP contribution in [0, 0.1) is 0 Å². The van der Waals surface area contributed by atoms with E-state index in [0.29, 0.717) is 5.69 Å². The summed E-state index contributed by atoms with van der Waals surface area (Å²) in [6.45, 7) is 0. The number of amides is 2. The van der Waals surface area contributed by atoms with E-state index in [0.717, 1.165) is 36.5 Å². The van der Waals surface area contributed by atoms with Crippen LogP contribution in [-0.4, -0.2) is 23.1 Å². The molecule has 2 aromatic rings. The van der Waals surface area contributed by atoms with Crippen LogP contribution in [-0.2, 0) is 0 Å². The minimum atomic E-state index is -1.05. The molecule has 0 spiro atoms. The molecule has 0 atom stereocenters. The summed E-state index contributed by atoms with van der Waals surface area (Å²) in [4.78, 5) is 23.6. The van der Waals surface area contributed by atoms with Gasteiger partial charge in [-0.25, -0.2) is 9.59 Å². The normalized spacial score (nSPS) is 15.3. The van der Waals surface area contributed by atoms with Crippen molar-refractivity contribution in [2.45, 2.75) is 38.1 Å². The van der Waals surface area contributed by atoms with Gasteiger partial charge >= 0.3 is 12.0 Å². The maximum Gasteiger partial charge on any atom is 0.337 e. The molecule has 0 saturated heterocycles. The van der Waals surface area contributed by atoms with E-state index >= 15 is 0 Å². The number of fused-ring (bicyclic) bond motifs is 1. The lowest BCUT2D eigenvalue weighted by atomic mass is 9.96. The standard InChI is InChI=1S/C18H20N2O3/c21-17(22)15-10-12-6-4-5-7-13(12)11-16(15)20-18(23)19-14-8-2-1-3-9-14/h4-7,10-11,14H,1-3,8-9H2,(H,21,22)(H2,19,20,23). The molecule has 0 aliphatic heterocycles. The number of carbonyl (C=O) groups excluding carboxylic acids is 1. The van der Waals surface area contributed by atoms with Crippen LogP contribution in [0.2, 0.25) is 0 Å². The third kappa shape index (κ3) is 3.62. The van der Waals surface area contributed by atoms with Gasteiger partial charge in [-0.05, 0) is 35.7 Å². The average Bonchev–Trinajstić information content (AvgIpc) is 2.55. The third-order valence-electron chi connectivity index (χ3n) is 4.30. The van der Waals surface area contributed by atoms with Gasteiger partial charge in [-0.3, -0.25) is 0 Å². The van der Waals surface area contributed by atoms with Gasteiger partial charge in [0.05, 0.1) is 11.3 Å². The van der Waals surface area contributed by atoms with Gasteiger partial charge in [-0.2, -0.15) is 0 Å². The van der Waals surface area contributed by atoms with Crippen molar-refractivity contribution in [2.24, 2.45) is 0 Å². The van der Waals surface area contributed by atoms with E-state index < -0.39 is 5.97 Å². The molecule has 1 saturated carbocycles. The number of carbonyl (C=O) groups is 2. The zero-order valence-electron chi connectivity index (χ0n) is 12.8. The van der Waals surface area contributed by atoms with Gasteiger partial charge in [0.1, 0.15) is 0 Å². The molecular formula is C18H20N2O3. The summed E-state index contributed by atoms with van der Waals surface area (Å²) in [5.74, 6) is -1.05. The van der Waals surface area contributed by atoms with E-state index in [9.17, 15) is 14.7 Å². The largest absolute Gasteiger partial charge is 0.478 e. The monoisotopic (exact) mass is 312 g/mol. The van der Waals surface area contributed by atoms with Crippen LogP contribution in [0.15, 0.2) is 36.4 Å². The first-order chi connectivity index (χ1) is 11.1. The summed E-state index contributed by atoms with van der Waals surface area (Å²) in [7, 11) is 0. The van der Waals surface area contributed by atoms with Crippen LogP contribution in [0.1, 0.15) is 42.5 Å². The molecule has 2 aromatic carbocycles. The smallest absolute Gasteiger partial charge is 0.337 e. The number of carboxylic acid groups (broad SMARTS) is 1. The molecule has 120 valence electrons. The summed E-state index contributed by atoms with van der Waals surface area (Å²) >= 11 is 0. The summed E-state index contributed by atoms with van der Waals surface area (Å²) < 4.78 is 0. The molecule has 1 aliphatic carbocycles. The fourth-order valence-electron chi connectivity index (χ4n) is 3.11. The van der Waals surface area contributed by atoms with Crippen molar-refractivity contribution >= 4 is 28.5 Å². The molecule has 0 radical (unpaired) electrons. The van der Waals surface area contributed by atoms with Crippen molar-refractivity contribution in [1.29, 1.82) is 0 Å². The Labute approximate surface area is 134 Å². The molecule has 1 fully saturated rings. The number of rotatable bonds is 3. The van der Waals surface area contributed by atoms with Crippen molar-refractivity contribution < 1.29 is 14.7 Å². The third-order valence-corrected chi connectivity index (χ3v) is 4.30. The van der Waals surface area contributed by atoms with Crippen LogP contribution >= 0.6 is 0 Å². The Bertz CT molecular complexity index is 736. The number of carboxylic acids is 1. The number of anilines is 1. The first kappa shape index (κ1) is 15.3. The second-order valence-electron chi connectivity index (χ2n) is 5.98. The Morgan fingerprint density at radius 2 is 1.65 bits per heavy atom. The van der Waals surface area contributed by atoms with Crippen molar-refractivity contribution in [3.8, 4) is 0 Å². The van der Waals surface area contributed by atoms with Gasteiger partial charge in [0.15, 0.2) is 0 Å². The Morgan fingerprint density at radius 1 is 1.00 bits per heavy atom. The highest BCUT2D eigenvalue weighted by atomic mass is 16.4. The molecule has 5 nitrogen and oxygen atoms in total. The first-order valence-electron chi connectivity index (χ1n) is 7.97. The van der Waals surface area contributed by atoms with E-state index in [1.807, 2.05) is 24.3 Å². The lowest BCUT2D eigenvalue weighted by molar-refractivity contribution is 0.0698. The molecule has 0 heterocycles. The van der Waals surface area contributed by atoms with Crippen LogP contribution in [0.3, 0.4) is 0 Å². The average molecular weight is 312 g/mol. The van der Waals surface area contributed by atoms with Crippen molar-refractivity contribution in [3.05, 3.63) is 42.0 Å². The Balaban J connectivity index is 1.81. The predicted molar refractivity (Wildman–Crippen MR) is 89.9 cm³/mol. The summed E-state index contributed by atoms with van der Waals surface area (Å²) in [6, 6.07) is 10.6. The minimum Gasteiger partial charge on any atom is -0.478 e. The van der Waals surface area contributed by atoms with Crippen LogP contribution in [0.4, 0.5) is 10.5 Å². The number of aromatic carboxylic acids is 1. The molecule has 3 rings (SSSR count). The molecule has 0 aromatic heterocycles. The molecule has 0 unspecified atom stereocenters. The predicted octanol–water partition coefficient (Wildman–Crippen LogP) is 3.99. The van der Waals surface area contributed by atoms with Crippen molar-refractivity contribution in [3.63, 3.8) is 0 Å². The second-order valence-corrected chi connectivity index (χ2v) is 5.98. The molecule has 2 amide bonds. The topological polar surface area (TPSA) is 78.4 Å². The van der Waals surface area contributed by atoms with E-state index in [1.165, 1.54) is 6.42 Å². The highest BCUT2D eigenvalue weighted by molar-refractivity contribution is 6.04. The van der Waals surface area contributed by atoms with E-state index in [4.69, 9.17) is 0 Å². The number of hydrogen-bond acceptors (Lipinski definition) is 2. The lowest BCUT2D eigenvalue weighted by Gasteiger charge is -2.23. The van der Waals surface area contributed by atoms with E-state index in [-0.39, 0.29) is 17.6 Å². The van der Waals surface area contributed by atoms with Gasteiger partial charge < -0.3 is 15.7 Å². The number of benzene rings is 2. The second kappa shape index (κ2) is 6.69. The van der Waals surface area contributed by atoms with Gasteiger partial charge in [0, 0.05) is 6.04 Å². The van der Waals surface area contributed by atoms with Crippen LogP contribution in [0.5, 0.6) is 0 Å². The molecule has 5 heteroatoms. The minimum absolute atomic E-state index is 0.0995. The van der Waals surface area contributed by atoms with Gasteiger partial charge in [0.2, 0.25) is 0 Å². The van der Waals surface area contributed by atoms with Crippen LogP contribution in [0.25, 0.3) is 10.8 Å².